The van der Waals surface area contributed by atoms with Crippen LogP contribution in [0.25, 0.3) is 0 Å². The standard InChI is InChI=1S/C16H24N2OS/c1-4-20-15-7-5-6-14(15)18-16(19)12-10-11(2)8-9-13(12)17-3/h8-10,14-15,17H,4-7H2,1-3H3,(H,18,19). The molecule has 1 aromatic carbocycles. The van der Waals surface area contributed by atoms with E-state index in [1.807, 2.05) is 43.9 Å². The first kappa shape index (κ1) is 15.2. The highest BCUT2D eigenvalue weighted by Gasteiger charge is 2.29. The third kappa shape index (κ3) is 3.48. The normalized spacial score (nSPS) is 21.8. The summed E-state index contributed by atoms with van der Waals surface area (Å²) in [5.74, 6) is 1.16. The van der Waals surface area contributed by atoms with Crippen LogP contribution in [-0.4, -0.2) is 30.0 Å². The molecule has 1 aliphatic carbocycles. The quantitative estimate of drug-likeness (QED) is 0.873. The topological polar surface area (TPSA) is 41.1 Å². The van der Waals surface area contributed by atoms with Gasteiger partial charge in [-0.05, 0) is 37.7 Å². The number of carbonyl (C=O) groups is 1. The van der Waals surface area contributed by atoms with Crippen molar-refractivity contribution in [3.63, 3.8) is 0 Å². The van der Waals surface area contributed by atoms with Gasteiger partial charge in [0.05, 0.1) is 5.56 Å². The van der Waals surface area contributed by atoms with Gasteiger partial charge in [-0.25, -0.2) is 0 Å². The Kier molecular flexibility index (Phi) is 5.35. The Morgan fingerprint density at radius 1 is 1.40 bits per heavy atom. The fourth-order valence-electron chi connectivity index (χ4n) is 2.81. The van der Waals surface area contributed by atoms with Gasteiger partial charge in [0.25, 0.3) is 5.91 Å². The number of hydrogen-bond acceptors (Lipinski definition) is 3. The van der Waals surface area contributed by atoms with Crippen molar-refractivity contribution in [2.75, 3.05) is 18.1 Å². The largest absolute Gasteiger partial charge is 0.387 e. The molecule has 0 bridgehead atoms. The highest BCUT2D eigenvalue weighted by atomic mass is 32.2. The second-order valence-electron chi connectivity index (χ2n) is 5.30. The Balaban J connectivity index is 2.10. The summed E-state index contributed by atoms with van der Waals surface area (Å²) in [5.41, 5.74) is 2.76. The lowest BCUT2D eigenvalue weighted by atomic mass is 10.1. The van der Waals surface area contributed by atoms with Gasteiger partial charge in [-0.15, -0.1) is 0 Å². The molecule has 20 heavy (non-hydrogen) atoms. The van der Waals surface area contributed by atoms with Crippen LogP contribution < -0.4 is 10.6 Å². The van der Waals surface area contributed by atoms with Crippen LogP contribution in [-0.2, 0) is 0 Å². The molecule has 110 valence electrons. The zero-order valence-electron chi connectivity index (χ0n) is 12.5. The summed E-state index contributed by atoms with van der Waals surface area (Å²) < 4.78 is 0. The van der Waals surface area contributed by atoms with E-state index in [1.54, 1.807) is 0 Å². The minimum atomic E-state index is 0.0478. The predicted octanol–water partition coefficient (Wildman–Crippen LogP) is 3.44. The van der Waals surface area contributed by atoms with Gasteiger partial charge in [-0.1, -0.05) is 25.0 Å². The van der Waals surface area contributed by atoms with Crippen LogP contribution in [0.4, 0.5) is 5.69 Å². The van der Waals surface area contributed by atoms with Crippen LogP contribution in [0.1, 0.15) is 42.1 Å². The summed E-state index contributed by atoms with van der Waals surface area (Å²) >= 11 is 1.97. The van der Waals surface area contributed by atoms with Crippen molar-refractivity contribution >= 4 is 23.4 Å². The molecule has 2 unspecified atom stereocenters. The number of carbonyl (C=O) groups excluding carboxylic acids is 1. The van der Waals surface area contributed by atoms with Crippen molar-refractivity contribution in [1.82, 2.24) is 5.32 Å². The van der Waals surface area contributed by atoms with E-state index >= 15 is 0 Å². The summed E-state index contributed by atoms with van der Waals surface area (Å²) in [6, 6.07) is 6.26. The van der Waals surface area contributed by atoms with Crippen molar-refractivity contribution in [2.24, 2.45) is 0 Å². The van der Waals surface area contributed by atoms with Gasteiger partial charge < -0.3 is 10.6 Å². The summed E-state index contributed by atoms with van der Waals surface area (Å²) in [5, 5.41) is 6.91. The zero-order chi connectivity index (χ0) is 14.5. The van der Waals surface area contributed by atoms with Crippen LogP contribution in [0.5, 0.6) is 0 Å². The molecular weight excluding hydrogens is 268 g/mol. The van der Waals surface area contributed by atoms with E-state index in [-0.39, 0.29) is 5.91 Å². The molecule has 0 aliphatic heterocycles. The van der Waals surface area contributed by atoms with E-state index in [4.69, 9.17) is 0 Å². The molecule has 0 radical (unpaired) electrons. The number of anilines is 1. The average molecular weight is 292 g/mol. The third-order valence-corrected chi connectivity index (χ3v) is 5.16. The first-order valence-corrected chi connectivity index (χ1v) is 8.41. The lowest BCUT2D eigenvalue weighted by Gasteiger charge is -2.21. The molecule has 1 aromatic rings. The van der Waals surface area contributed by atoms with E-state index in [1.165, 1.54) is 12.8 Å². The molecule has 0 aromatic heterocycles. The monoisotopic (exact) mass is 292 g/mol. The molecule has 4 heteroatoms. The Bertz CT molecular complexity index is 476. The van der Waals surface area contributed by atoms with Gasteiger partial charge in [0, 0.05) is 24.0 Å². The summed E-state index contributed by atoms with van der Waals surface area (Å²) in [6.07, 6.45) is 3.54. The van der Waals surface area contributed by atoms with Gasteiger partial charge in [0.15, 0.2) is 0 Å². The molecule has 2 N–H and O–H groups in total. The molecule has 2 atom stereocenters. The highest BCUT2D eigenvalue weighted by molar-refractivity contribution is 7.99. The maximum absolute atomic E-state index is 12.5. The third-order valence-electron chi connectivity index (χ3n) is 3.84. The summed E-state index contributed by atoms with van der Waals surface area (Å²) in [7, 11) is 1.85. The first-order valence-electron chi connectivity index (χ1n) is 7.36. The van der Waals surface area contributed by atoms with Crippen molar-refractivity contribution in [3.8, 4) is 0 Å². The lowest BCUT2D eigenvalue weighted by Crippen LogP contribution is -2.39. The first-order chi connectivity index (χ1) is 9.65. The van der Waals surface area contributed by atoms with Crippen LogP contribution in [0, 0.1) is 6.92 Å². The Hall–Kier alpha value is -1.16. The molecular formula is C16H24N2OS. The van der Waals surface area contributed by atoms with Gasteiger partial charge >= 0.3 is 0 Å². The number of benzene rings is 1. The molecule has 0 saturated heterocycles. The van der Waals surface area contributed by atoms with Crippen LogP contribution in [0.2, 0.25) is 0 Å². The van der Waals surface area contributed by atoms with Crippen LogP contribution in [0.15, 0.2) is 18.2 Å². The second kappa shape index (κ2) is 7.02. The van der Waals surface area contributed by atoms with Gasteiger partial charge in [-0.2, -0.15) is 11.8 Å². The molecule has 1 aliphatic rings. The zero-order valence-corrected chi connectivity index (χ0v) is 13.3. The Morgan fingerprint density at radius 3 is 2.90 bits per heavy atom. The molecule has 0 heterocycles. The smallest absolute Gasteiger partial charge is 0.253 e. The second-order valence-corrected chi connectivity index (χ2v) is 6.82. The van der Waals surface area contributed by atoms with E-state index in [0.29, 0.717) is 11.3 Å². The fraction of sp³-hybridized carbons (Fsp3) is 0.562. The Labute approximate surface area is 125 Å². The lowest BCUT2D eigenvalue weighted by molar-refractivity contribution is 0.0939. The van der Waals surface area contributed by atoms with Gasteiger partial charge in [0.1, 0.15) is 0 Å². The SMILES string of the molecule is CCSC1CCCC1NC(=O)c1cc(C)ccc1NC. The van der Waals surface area contributed by atoms with Crippen LogP contribution in [0.3, 0.4) is 0 Å². The van der Waals surface area contributed by atoms with E-state index < -0.39 is 0 Å². The molecule has 0 spiro atoms. The number of rotatable bonds is 5. The maximum atomic E-state index is 12.5. The average Bonchev–Trinajstić information content (AvgIpc) is 2.86. The molecule has 1 fully saturated rings. The van der Waals surface area contributed by atoms with Crippen molar-refractivity contribution in [2.45, 2.75) is 44.4 Å². The van der Waals surface area contributed by atoms with Crippen molar-refractivity contribution in [3.05, 3.63) is 29.3 Å². The number of nitrogens with one attached hydrogen (secondary N) is 2. The number of amides is 1. The van der Waals surface area contributed by atoms with E-state index in [2.05, 4.69) is 17.6 Å². The fourth-order valence-corrected chi connectivity index (χ4v) is 4.01. The highest BCUT2D eigenvalue weighted by Crippen LogP contribution is 2.30. The van der Waals surface area contributed by atoms with Crippen molar-refractivity contribution in [1.29, 1.82) is 0 Å². The van der Waals surface area contributed by atoms with Crippen LogP contribution >= 0.6 is 11.8 Å². The summed E-state index contributed by atoms with van der Waals surface area (Å²) in [6.45, 7) is 4.20. The molecule has 1 saturated carbocycles. The summed E-state index contributed by atoms with van der Waals surface area (Å²) in [4.78, 5) is 12.5. The van der Waals surface area contributed by atoms with Gasteiger partial charge in [0.2, 0.25) is 0 Å². The minimum Gasteiger partial charge on any atom is -0.387 e. The molecule has 1 amide bonds. The maximum Gasteiger partial charge on any atom is 0.253 e. The van der Waals surface area contributed by atoms with E-state index in [9.17, 15) is 4.79 Å². The van der Waals surface area contributed by atoms with E-state index in [0.717, 1.165) is 29.0 Å². The number of aryl methyl sites for hydroxylation is 1. The predicted molar refractivity (Wildman–Crippen MR) is 87.8 cm³/mol. The minimum absolute atomic E-state index is 0.0478. The van der Waals surface area contributed by atoms with Crippen molar-refractivity contribution < 1.29 is 4.79 Å². The molecule has 3 nitrogen and oxygen atoms in total. The number of thioether (sulfide) groups is 1. The Morgan fingerprint density at radius 2 is 2.20 bits per heavy atom. The van der Waals surface area contributed by atoms with Gasteiger partial charge in [-0.3, -0.25) is 4.79 Å². The number of hydrogen-bond donors (Lipinski definition) is 2. The molecule has 2 rings (SSSR count).